The number of methoxy groups -OCH3 is 1. The Bertz CT molecular complexity index is 1250. The number of carbonyl (C=O) groups excluding carboxylic acids is 1. The molecule has 8 heteroatoms. The number of carbonyl (C=O) groups is 1. The number of nitrogens with one attached hydrogen (secondary N) is 1. The normalized spacial score (nSPS) is 10.9. The van der Waals surface area contributed by atoms with Gasteiger partial charge in [0.1, 0.15) is 5.82 Å². The molecule has 0 aliphatic carbocycles. The van der Waals surface area contributed by atoms with Crippen LogP contribution < -0.4 is 14.9 Å². The maximum Gasteiger partial charge on any atom is 0.343 e. The first kappa shape index (κ1) is 20.0. The van der Waals surface area contributed by atoms with Crippen LogP contribution in [0, 0.1) is 5.82 Å². The number of ether oxygens (including phenoxy) is 2. The van der Waals surface area contributed by atoms with E-state index in [1.54, 1.807) is 30.6 Å². The number of aromatic nitrogens is 2. The number of hydrogen-bond acceptors (Lipinski definition) is 7. The van der Waals surface area contributed by atoms with Gasteiger partial charge in [0.2, 0.25) is 0 Å². The predicted octanol–water partition coefficient (Wildman–Crippen LogP) is 4.44. The summed E-state index contributed by atoms with van der Waals surface area (Å²) in [6.45, 7) is 0. The lowest BCUT2D eigenvalue weighted by molar-refractivity contribution is 0.0729. The number of hydrogen-bond donors (Lipinski definition) is 1. The van der Waals surface area contributed by atoms with Crippen LogP contribution >= 0.6 is 0 Å². The van der Waals surface area contributed by atoms with Crippen LogP contribution in [-0.4, -0.2) is 29.5 Å². The van der Waals surface area contributed by atoms with E-state index in [9.17, 15) is 9.18 Å². The molecule has 0 spiro atoms. The highest BCUT2D eigenvalue weighted by Gasteiger charge is 2.13. The average Bonchev–Trinajstić information content (AvgIpc) is 2.80. The first-order chi connectivity index (χ1) is 15.1. The van der Waals surface area contributed by atoms with Crippen LogP contribution in [0.3, 0.4) is 0 Å². The molecule has 7 nitrogen and oxygen atoms in total. The molecule has 4 aromatic rings. The number of rotatable bonds is 6. The van der Waals surface area contributed by atoms with E-state index in [2.05, 4.69) is 20.7 Å². The van der Waals surface area contributed by atoms with Gasteiger partial charge in [0, 0.05) is 10.8 Å². The smallest absolute Gasteiger partial charge is 0.343 e. The molecular weight excluding hydrogens is 399 g/mol. The number of benzene rings is 3. The Labute approximate surface area is 177 Å². The molecular formula is C23H17FN4O3. The second-order valence-electron chi connectivity index (χ2n) is 6.46. The monoisotopic (exact) mass is 416 g/mol. The molecule has 154 valence electrons. The lowest BCUT2D eigenvalue weighted by atomic mass is 10.2. The quantitative estimate of drug-likeness (QED) is 0.216. The first-order valence-corrected chi connectivity index (χ1v) is 9.29. The van der Waals surface area contributed by atoms with Crippen LogP contribution in [0.4, 0.5) is 10.2 Å². The van der Waals surface area contributed by atoms with Crippen LogP contribution in [0.2, 0.25) is 0 Å². The second kappa shape index (κ2) is 9.00. The SMILES string of the molecule is COc1cc(/C=N/Nc2nncc3ccccc23)ccc1OC(=O)c1ccc(F)cc1. The first-order valence-electron chi connectivity index (χ1n) is 9.29. The summed E-state index contributed by atoms with van der Waals surface area (Å²) in [5.74, 6) is 0.0779. The highest BCUT2D eigenvalue weighted by atomic mass is 19.1. The minimum Gasteiger partial charge on any atom is -0.493 e. The minimum absolute atomic E-state index is 0.231. The van der Waals surface area contributed by atoms with E-state index in [-0.39, 0.29) is 11.3 Å². The standard InChI is InChI=1S/C23H17FN4O3/c1-30-21-12-15(6-11-20(21)31-23(29)16-7-9-18(24)10-8-16)13-25-27-22-19-5-3-2-4-17(19)14-26-28-22/h2-14H,1H3,(H,27,28)/b25-13+. The summed E-state index contributed by atoms with van der Waals surface area (Å²) in [6.07, 6.45) is 3.26. The van der Waals surface area contributed by atoms with E-state index in [1.807, 2.05) is 24.3 Å². The maximum atomic E-state index is 13.0. The second-order valence-corrected chi connectivity index (χ2v) is 6.46. The van der Waals surface area contributed by atoms with E-state index >= 15 is 0 Å². The fourth-order valence-corrected chi connectivity index (χ4v) is 2.87. The third-order valence-electron chi connectivity index (χ3n) is 4.42. The molecule has 0 aliphatic heterocycles. The van der Waals surface area contributed by atoms with Gasteiger partial charge in [-0.05, 0) is 48.0 Å². The number of hydrazone groups is 1. The predicted molar refractivity (Wildman–Crippen MR) is 115 cm³/mol. The third-order valence-corrected chi connectivity index (χ3v) is 4.42. The molecule has 4 rings (SSSR count). The molecule has 0 saturated carbocycles. The Morgan fingerprint density at radius 3 is 2.68 bits per heavy atom. The number of anilines is 1. The van der Waals surface area contributed by atoms with Crippen molar-refractivity contribution < 1.29 is 18.7 Å². The number of halogens is 1. The summed E-state index contributed by atoms with van der Waals surface area (Å²) in [6, 6.07) is 17.8. The van der Waals surface area contributed by atoms with Gasteiger partial charge >= 0.3 is 5.97 Å². The molecule has 0 unspecified atom stereocenters. The van der Waals surface area contributed by atoms with Crippen LogP contribution in [0.5, 0.6) is 11.5 Å². The Morgan fingerprint density at radius 1 is 1.06 bits per heavy atom. The van der Waals surface area contributed by atoms with E-state index in [0.717, 1.165) is 10.8 Å². The van der Waals surface area contributed by atoms with Gasteiger partial charge in [-0.2, -0.15) is 10.2 Å². The zero-order chi connectivity index (χ0) is 21.6. The Kier molecular flexibility index (Phi) is 5.79. The van der Waals surface area contributed by atoms with Crippen LogP contribution in [-0.2, 0) is 0 Å². The lowest BCUT2D eigenvalue weighted by Gasteiger charge is -2.10. The van der Waals surface area contributed by atoms with Gasteiger partial charge in [0.15, 0.2) is 17.3 Å². The van der Waals surface area contributed by atoms with Gasteiger partial charge in [-0.3, -0.25) is 5.43 Å². The van der Waals surface area contributed by atoms with Gasteiger partial charge in [-0.25, -0.2) is 9.18 Å². The van der Waals surface area contributed by atoms with Crippen molar-refractivity contribution in [3.63, 3.8) is 0 Å². The van der Waals surface area contributed by atoms with Gasteiger partial charge in [0.25, 0.3) is 0 Å². The molecule has 0 aliphatic rings. The van der Waals surface area contributed by atoms with Crippen molar-refractivity contribution in [1.82, 2.24) is 10.2 Å². The Hall–Kier alpha value is -4.33. The number of esters is 1. The summed E-state index contributed by atoms with van der Waals surface area (Å²) in [5.41, 5.74) is 3.82. The zero-order valence-electron chi connectivity index (χ0n) is 16.4. The van der Waals surface area contributed by atoms with Gasteiger partial charge < -0.3 is 9.47 Å². The van der Waals surface area contributed by atoms with Crippen LogP contribution in [0.15, 0.2) is 78.0 Å². The summed E-state index contributed by atoms with van der Waals surface area (Å²) in [4.78, 5) is 12.3. The molecule has 1 heterocycles. The molecule has 3 aromatic carbocycles. The topological polar surface area (TPSA) is 85.7 Å². The van der Waals surface area contributed by atoms with E-state index in [1.165, 1.54) is 31.4 Å². The van der Waals surface area contributed by atoms with Crippen molar-refractivity contribution >= 4 is 28.8 Å². The molecule has 0 amide bonds. The Morgan fingerprint density at radius 2 is 1.87 bits per heavy atom. The largest absolute Gasteiger partial charge is 0.493 e. The molecule has 0 radical (unpaired) electrons. The van der Waals surface area contributed by atoms with Gasteiger partial charge in [0.05, 0.1) is 25.1 Å². The number of nitrogens with zero attached hydrogens (tertiary/aromatic N) is 3. The van der Waals surface area contributed by atoms with Crippen molar-refractivity contribution in [3.05, 3.63) is 89.9 Å². The molecule has 0 fully saturated rings. The molecule has 1 N–H and O–H groups in total. The zero-order valence-corrected chi connectivity index (χ0v) is 16.4. The minimum atomic E-state index is -0.615. The van der Waals surface area contributed by atoms with Gasteiger partial charge in [-0.1, -0.05) is 24.3 Å². The third kappa shape index (κ3) is 4.64. The van der Waals surface area contributed by atoms with Gasteiger partial charge in [-0.15, -0.1) is 5.10 Å². The summed E-state index contributed by atoms with van der Waals surface area (Å²) in [7, 11) is 1.47. The fraction of sp³-hybridized carbons (Fsp3) is 0.0435. The molecule has 0 atom stereocenters. The van der Waals surface area contributed by atoms with E-state index in [0.29, 0.717) is 17.1 Å². The molecule has 0 bridgehead atoms. The van der Waals surface area contributed by atoms with Crippen LogP contribution in [0.25, 0.3) is 10.8 Å². The summed E-state index contributed by atoms with van der Waals surface area (Å²) in [5, 5.41) is 14.1. The highest BCUT2D eigenvalue weighted by molar-refractivity contribution is 5.92. The van der Waals surface area contributed by atoms with Crippen molar-refractivity contribution in [3.8, 4) is 11.5 Å². The fourth-order valence-electron chi connectivity index (χ4n) is 2.87. The number of fused-ring (bicyclic) bond motifs is 1. The molecule has 31 heavy (non-hydrogen) atoms. The van der Waals surface area contributed by atoms with E-state index < -0.39 is 11.8 Å². The van der Waals surface area contributed by atoms with Crippen molar-refractivity contribution in [1.29, 1.82) is 0 Å². The molecule has 0 saturated heterocycles. The highest BCUT2D eigenvalue weighted by Crippen LogP contribution is 2.28. The van der Waals surface area contributed by atoms with Crippen molar-refractivity contribution in [2.75, 3.05) is 12.5 Å². The molecule has 1 aromatic heterocycles. The average molecular weight is 416 g/mol. The van der Waals surface area contributed by atoms with Crippen LogP contribution in [0.1, 0.15) is 15.9 Å². The summed E-state index contributed by atoms with van der Waals surface area (Å²) < 4.78 is 23.7. The summed E-state index contributed by atoms with van der Waals surface area (Å²) >= 11 is 0. The maximum absolute atomic E-state index is 13.0. The van der Waals surface area contributed by atoms with Crippen molar-refractivity contribution in [2.45, 2.75) is 0 Å². The van der Waals surface area contributed by atoms with E-state index in [4.69, 9.17) is 9.47 Å². The van der Waals surface area contributed by atoms with Crippen molar-refractivity contribution in [2.24, 2.45) is 5.10 Å². The Balaban J connectivity index is 1.48. The lowest BCUT2D eigenvalue weighted by Crippen LogP contribution is -2.09.